The van der Waals surface area contributed by atoms with E-state index in [0.717, 1.165) is 6.42 Å². The van der Waals surface area contributed by atoms with E-state index in [9.17, 15) is 0 Å². The molecule has 0 spiro atoms. The summed E-state index contributed by atoms with van der Waals surface area (Å²) in [5.41, 5.74) is 0. The Hall–Kier alpha value is -0.200. The lowest BCUT2D eigenvalue weighted by Gasteiger charge is -2.06. The number of hydrogen-bond acceptors (Lipinski definition) is 5. The standard InChI is InChI=1S/C7H16O2.C3H8O3/c1-4-7(3)6-9-8-5-2;4-1-3(6)2-5/h7H,4-6H2,1-3H3;3-6H,1-2H2. The van der Waals surface area contributed by atoms with Crippen LogP contribution in [-0.4, -0.2) is 47.9 Å². The lowest BCUT2D eigenvalue weighted by Crippen LogP contribution is -2.15. The summed E-state index contributed by atoms with van der Waals surface area (Å²) in [5.74, 6) is 0.608. The minimum atomic E-state index is -0.954. The van der Waals surface area contributed by atoms with Crippen molar-refractivity contribution in [3.63, 3.8) is 0 Å². The van der Waals surface area contributed by atoms with Gasteiger partial charge in [-0.2, -0.15) is 0 Å². The van der Waals surface area contributed by atoms with E-state index >= 15 is 0 Å². The third kappa shape index (κ3) is 16.5. The van der Waals surface area contributed by atoms with Crippen LogP contribution in [0.3, 0.4) is 0 Å². The molecule has 3 N–H and O–H groups in total. The van der Waals surface area contributed by atoms with Crippen LogP contribution >= 0.6 is 0 Å². The van der Waals surface area contributed by atoms with Crippen LogP contribution in [0.1, 0.15) is 27.2 Å². The Morgan fingerprint density at radius 3 is 1.87 bits per heavy atom. The van der Waals surface area contributed by atoms with E-state index in [2.05, 4.69) is 13.8 Å². The Labute approximate surface area is 91.6 Å². The predicted molar refractivity (Wildman–Crippen MR) is 57.2 cm³/mol. The van der Waals surface area contributed by atoms with Crippen LogP contribution in [-0.2, 0) is 9.78 Å². The molecule has 0 saturated carbocycles. The summed E-state index contributed by atoms with van der Waals surface area (Å²) >= 11 is 0. The minimum absolute atomic E-state index is 0.365. The highest BCUT2D eigenvalue weighted by Gasteiger charge is 1.96. The summed E-state index contributed by atoms with van der Waals surface area (Å²) in [7, 11) is 0. The summed E-state index contributed by atoms with van der Waals surface area (Å²) < 4.78 is 0. The van der Waals surface area contributed by atoms with Gasteiger partial charge in [0.05, 0.1) is 26.4 Å². The molecule has 0 aliphatic rings. The van der Waals surface area contributed by atoms with Gasteiger partial charge in [0.25, 0.3) is 0 Å². The molecular formula is C10H24O5. The van der Waals surface area contributed by atoms with Gasteiger partial charge in [-0.25, -0.2) is 9.78 Å². The van der Waals surface area contributed by atoms with Gasteiger partial charge in [0.2, 0.25) is 0 Å². The van der Waals surface area contributed by atoms with Gasteiger partial charge in [0.15, 0.2) is 0 Å². The van der Waals surface area contributed by atoms with Crippen LogP contribution < -0.4 is 0 Å². The Kier molecular flexibility index (Phi) is 15.8. The molecule has 1 atom stereocenters. The van der Waals surface area contributed by atoms with Gasteiger partial charge in [-0.1, -0.05) is 20.3 Å². The number of aliphatic hydroxyl groups is 3. The van der Waals surface area contributed by atoms with E-state index < -0.39 is 6.10 Å². The molecule has 0 aromatic rings. The van der Waals surface area contributed by atoms with Gasteiger partial charge >= 0.3 is 0 Å². The van der Waals surface area contributed by atoms with E-state index in [-0.39, 0.29) is 13.2 Å². The van der Waals surface area contributed by atoms with E-state index in [4.69, 9.17) is 25.1 Å². The second-order valence-corrected chi connectivity index (χ2v) is 3.22. The maximum Gasteiger partial charge on any atom is 0.100 e. The van der Waals surface area contributed by atoms with Crippen LogP contribution in [0.25, 0.3) is 0 Å². The van der Waals surface area contributed by atoms with Gasteiger partial charge in [-0.15, -0.1) is 0 Å². The monoisotopic (exact) mass is 224 g/mol. The summed E-state index contributed by atoms with van der Waals surface area (Å²) in [6.07, 6.45) is 0.192. The van der Waals surface area contributed by atoms with Gasteiger partial charge < -0.3 is 15.3 Å². The SMILES string of the molecule is CCOOCC(C)CC.OCC(O)CO. The molecule has 0 radical (unpaired) electrons. The molecule has 0 aliphatic carbocycles. The molecule has 0 heterocycles. The summed E-state index contributed by atoms with van der Waals surface area (Å²) in [6, 6.07) is 0. The highest BCUT2D eigenvalue weighted by molar-refractivity contribution is 4.44. The summed E-state index contributed by atoms with van der Waals surface area (Å²) in [4.78, 5) is 9.54. The zero-order valence-corrected chi connectivity index (χ0v) is 9.85. The molecule has 0 fully saturated rings. The lowest BCUT2D eigenvalue weighted by molar-refractivity contribution is -0.297. The molecular weight excluding hydrogens is 200 g/mol. The van der Waals surface area contributed by atoms with E-state index in [1.807, 2.05) is 6.92 Å². The second-order valence-electron chi connectivity index (χ2n) is 3.22. The van der Waals surface area contributed by atoms with E-state index in [1.54, 1.807) is 0 Å². The van der Waals surface area contributed by atoms with Crippen LogP contribution in [0.4, 0.5) is 0 Å². The second kappa shape index (κ2) is 13.8. The normalized spacial score (nSPS) is 12.2. The molecule has 0 bridgehead atoms. The first-order valence-corrected chi connectivity index (χ1v) is 5.26. The fraction of sp³-hybridized carbons (Fsp3) is 1.00. The lowest BCUT2D eigenvalue weighted by atomic mass is 10.1. The van der Waals surface area contributed by atoms with E-state index in [1.165, 1.54) is 0 Å². The third-order valence-electron chi connectivity index (χ3n) is 1.67. The van der Waals surface area contributed by atoms with Crippen molar-refractivity contribution >= 4 is 0 Å². The fourth-order valence-electron chi connectivity index (χ4n) is 0.423. The zero-order valence-electron chi connectivity index (χ0n) is 9.85. The van der Waals surface area contributed by atoms with Crippen LogP contribution in [0.15, 0.2) is 0 Å². The molecule has 5 heteroatoms. The maximum absolute atomic E-state index is 8.17. The predicted octanol–water partition coefficient (Wildman–Crippen LogP) is 0.332. The molecule has 5 nitrogen and oxygen atoms in total. The molecule has 94 valence electrons. The van der Waals surface area contributed by atoms with Crippen molar-refractivity contribution in [2.45, 2.75) is 33.3 Å². The van der Waals surface area contributed by atoms with Crippen LogP contribution in [0.5, 0.6) is 0 Å². The first kappa shape index (κ1) is 17.2. The number of rotatable bonds is 7. The molecule has 0 aromatic heterocycles. The highest BCUT2D eigenvalue weighted by atomic mass is 17.2. The van der Waals surface area contributed by atoms with Gasteiger partial charge in [0, 0.05) is 0 Å². The van der Waals surface area contributed by atoms with Gasteiger partial charge in [0.1, 0.15) is 6.10 Å². The smallest absolute Gasteiger partial charge is 0.100 e. The summed E-state index contributed by atoms with van der Waals surface area (Å²) in [6.45, 7) is 6.81. The Bertz CT molecular complexity index is 106. The zero-order chi connectivity index (χ0) is 12.1. The first-order valence-electron chi connectivity index (χ1n) is 5.26. The Morgan fingerprint density at radius 2 is 1.60 bits per heavy atom. The van der Waals surface area contributed by atoms with Crippen molar-refractivity contribution < 1.29 is 25.1 Å². The fourth-order valence-corrected chi connectivity index (χ4v) is 0.423. The first-order chi connectivity index (χ1) is 7.12. The Morgan fingerprint density at radius 1 is 1.07 bits per heavy atom. The molecule has 1 unspecified atom stereocenters. The van der Waals surface area contributed by atoms with Crippen molar-refractivity contribution in [1.29, 1.82) is 0 Å². The van der Waals surface area contributed by atoms with Crippen LogP contribution in [0.2, 0.25) is 0 Å². The van der Waals surface area contributed by atoms with Crippen molar-refractivity contribution in [3.05, 3.63) is 0 Å². The Balaban J connectivity index is 0. The van der Waals surface area contributed by atoms with Gasteiger partial charge in [-0.3, -0.25) is 0 Å². The summed E-state index contributed by atoms with van der Waals surface area (Å²) in [5, 5.41) is 24.0. The molecule has 15 heavy (non-hydrogen) atoms. The molecule has 0 saturated heterocycles. The minimum Gasteiger partial charge on any atom is -0.394 e. The average Bonchev–Trinajstić information content (AvgIpc) is 2.28. The number of aliphatic hydroxyl groups excluding tert-OH is 3. The largest absolute Gasteiger partial charge is 0.394 e. The molecule has 0 rings (SSSR count). The maximum atomic E-state index is 8.17. The van der Waals surface area contributed by atoms with Gasteiger partial charge in [-0.05, 0) is 12.8 Å². The van der Waals surface area contributed by atoms with Crippen molar-refractivity contribution in [2.75, 3.05) is 26.4 Å². The molecule has 0 amide bonds. The average molecular weight is 224 g/mol. The topological polar surface area (TPSA) is 79.2 Å². The number of hydrogen-bond donors (Lipinski definition) is 3. The third-order valence-corrected chi connectivity index (χ3v) is 1.67. The van der Waals surface area contributed by atoms with Crippen LogP contribution in [0, 0.1) is 5.92 Å². The van der Waals surface area contributed by atoms with Crippen molar-refractivity contribution in [2.24, 2.45) is 5.92 Å². The molecule has 0 aromatic carbocycles. The quantitative estimate of drug-likeness (QED) is 0.330. The van der Waals surface area contributed by atoms with E-state index in [0.29, 0.717) is 19.1 Å². The highest BCUT2D eigenvalue weighted by Crippen LogP contribution is 1.99. The van der Waals surface area contributed by atoms with Crippen molar-refractivity contribution in [3.8, 4) is 0 Å². The molecule has 0 aliphatic heterocycles. The van der Waals surface area contributed by atoms with Crippen molar-refractivity contribution in [1.82, 2.24) is 0 Å².